The van der Waals surface area contributed by atoms with Gasteiger partial charge in [-0.25, -0.2) is 4.98 Å². The molecule has 1 amide bonds. The molecule has 1 saturated heterocycles. The molecule has 0 aliphatic carbocycles. The van der Waals surface area contributed by atoms with Gasteiger partial charge in [0, 0.05) is 41.5 Å². The van der Waals surface area contributed by atoms with E-state index < -0.39 is 0 Å². The SMILES string of the molecule is Nc1ncc(/C=C/CN2CCNC(=O)C2)c2sccc12. The number of piperazine rings is 1. The predicted octanol–water partition coefficient (Wildman–Crippen LogP) is 1.32. The Labute approximate surface area is 121 Å². The number of nitrogens with one attached hydrogen (secondary N) is 1. The highest BCUT2D eigenvalue weighted by Crippen LogP contribution is 2.28. The Bertz CT molecular complexity index is 664. The lowest BCUT2D eigenvalue weighted by Crippen LogP contribution is -2.47. The molecule has 0 spiro atoms. The van der Waals surface area contributed by atoms with Crippen molar-refractivity contribution >= 4 is 39.2 Å². The number of carbonyl (C=O) groups is 1. The summed E-state index contributed by atoms with van der Waals surface area (Å²) in [5, 5.41) is 5.85. The fraction of sp³-hybridized carbons (Fsp3) is 0.286. The third-order valence-corrected chi connectivity index (χ3v) is 4.29. The minimum Gasteiger partial charge on any atom is -0.383 e. The third-order valence-electron chi connectivity index (χ3n) is 3.32. The van der Waals surface area contributed by atoms with Crippen molar-refractivity contribution in [1.82, 2.24) is 15.2 Å². The number of amides is 1. The standard InChI is InChI=1S/C14H16N4OS/c15-14-11-3-7-20-13(11)10(8-17-14)2-1-5-18-6-4-16-12(19)9-18/h1-3,7-8H,4-6,9H2,(H2,15,17)(H,16,19)/b2-1+. The molecule has 1 aliphatic rings. The van der Waals surface area contributed by atoms with Crippen molar-refractivity contribution in [3.8, 4) is 0 Å². The number of thiophene rings is 1. The van der Waals surface area contributed by atoms with Gasteiger partial charge < -0.3 is 11.1 Å². The topological polar surface area (TPSA) is 71.2 Å². The summed E-state index contributed by atoms with van der Waals surface area (Å²) in [5.41, 5.74) is 6.92. The van der Waals surface area contributed by atoms with Crippen molar-refractivity contribution in [1.29, 1.82) is 0 Å². The molecule has 3 N–H and O–H groups in total. The Hall–Kier alpha value is -1.92. The van der Waals surface area contributed by atoms with E-state index in [4.69, 9.17) is 5.73 Å². The molecular weight excluding hydrogens is 272 g/mol. The molecule has 2 aromatic rings. The maximum atomic E-state index is 11.3. The van der Waals surface area contributed by atoms with Crippen LogP contribution in [0.5, 0.6) is 0 Å². The van der Waals surface area contributed by atoms with Crippen molar-refractivity contribution < 1.29 is 4.79 Å². The summed E-state index contributed by atoms with van der Waals surface area (Å²) < 4.78 is 1.16. The van der Waals surface area contributed by atoms with Crippen LogP contribution in [0.15, 0.2) is 23.7 Å². The molecule has 20 heavy (non-hydrogen) atoms. The van der Waals surface area contributed by atoms with E-state index in [2.05, 4.69) is 27.4 Å². The van der Waals surface area contributed by atoms with E-state index in [9.17, 15) is 4.79 Å². The highest BCUT2D eigenvalue weighted by Gasteiger charge is 2.14. The first-order valence-electron chi connectivity index (χ1n) is 6.51. The number of rotatable bonds is 3. The van der Waals surface area contributed by atoms with Gasteiger partial charge in [0.05, 0.1) is 6.54 Å². The zero-order chi connectivity index (χ0) is 13.9. The van der Waals surface area contributed by atoms with Gasteiger partial charge in [0.2, 0.25) is 5.91 Å². The van der Waals surface area contributed by atoms with E-state index in [1.54, 1.807) is 17.5 Å². The van der Waals surface area contributed by atoms with Gasteiger partial charge in [0.15, 0.2) is 0 Å². The van der Waals surface area contributed by atoms with Crippen LogP contribution in [-0.2, 0) is 4.79 Å². The van der Waals surface area contributed by atoms with Crippen LogP contribution in [0.1, 0.15) is 5.56 Å². The number of pyridine rings is 1. The van der Waals surface area contributed by atoms with Gasteiger partial charge in [-0.3, -0.25) is 9.69 Å². The number of fused-ring (bicyclic) bond motifs is 1. The summed E-state index contributed by atoms with van der Waals surface area (Å²) in [6.45, 7) is 2.86. The van der Waals surface area contributed by atoms with E-state index in [1.165, 1.54) is 0 Å². The Morgan fingerprint density at radius 2 is 2.45 bits per heavy atom. The van der Waals surface area contributed by atoms with Gasteiger partial charge in [-0.05, 0) is 11.4 Å². The van der Waals surface area contributed by atoms with Crippen LogP contribution < -0.4 is 11.1 Å². The van der Waals surface area contributed by atoms with Gasteiger partial charge in [-0.15, -0.1) is 11.3 Å². The summed E-state index contributed by atoms with van der Waals surface area (Å²) in [7, 11) is 0. The maximum Gasteiger partial charge on any atom is 0.234 e. The van der Waals surface area contributed by atoms with Crippen LogP contribution in [0.4, 0.5) is 5.82 Å². The smallest absolute Gasteiger partial charge is 0.234 e. The lowest BCUT2D eigenvalue weighted by Gasteiger charge is -2.24. The number of hydrogen-bond acceptors (Lipinski definition) is 5. The molecule has 3 rings (SSSR count). The molecule has 2 aromatic heterocycles. The Kier molecular flexibility index (Phi) is 3.66. The first-order chi connectivity index (χ1) is 9.74. The number of nitrogens with two attached hydrogens (primary N) is 1. The molecule has 0 saturated carbocycles. The second-order valence-corrected chi connectivity index (χ2v) is 5.67. The highest BCUT2D eigenvalue weighted by atomic mass is 32.1. The predicted molar refractivity (Wildman–Crippen MR) is 82.5 cm³/mol. The second kappa shape index (κ2) is 5.60. The van der Waals surface area contributed by atoms with Crippen molar-refractivity contribution in [3.63, 3.8) is 0 Å². The minimum atomic E-state index is 0.0967. The molecule has 0 bridgehead atoms. The van der Waals surface area contributed by atoms with E-state index >= 15 is 0 Å². The van der Waals surface area contributed by atoms with Crippen LogP contribution in [0.2, 0.25) is 0 Å². The molecule has 0 atom stereocenters. The van der Waals surface area contributed by atoms with Crippen LogP contribution in [0.25, 0.3) is 16.2 Å². The monoisotopic (exact) mass is 288 g/mol. The summed E-state index contributed by atoms with van der Waals surface area (Å²) >= 11 is 1.67. The third kappa shape index (κ3) is 2.66. The Morgan fingerprint density at radius 3 is 3.30 bits per heavy atom. The van der Waals surface area contributed by atoms with Crippen LogP contribution in [-0.4, -0.2) is 42.0 Å². The van der Waals surface area contributed by atoms with Crippen molar-refractivity contribution in [2.45, 2.75) is 0 Å². The van der Waals surface area contributed by atoms with Crippen molar-refractivity contribution in [2.24, 2.45) is 0 Å². The molecule has 3 heterocycles. The van der Waals surface area contributed by atoms with E-state index in [-0.39, 0.29) is 5.91 Å². The van der Waals surface area contributed by atoms with Crippen molar-refractivity contribution in [2.75, 3.05) is 31.9 Å². The molecule has 6 heteroatoms. The first kappa shape index (κ1) is 13.1. The second-order valence-electron chi connectivity index (χ2n) is 4.75. The van der Waals surface area contributed by atoms with Gasteiger partial charge in [0.1, 0.15) is 5.82 Å². The maximum absolute atomic E-state index is 11.3. The zero-order valence-corrected chi connectivity index (χ0v) is 11.8. The van der Waals surface area contributed by atoms with E-state index in [1.807, 2.05) is 11.4 Å². The summed E-state index contributed by atoms with van der Waals surface area (Å²) in [4.78, 5) is 17.6. The number of anilines is 1. The molecule has 0 aromatic carbocycles. The fourth-order valence-electron chi connectivity index (χ4n) is 2.30. The molecule has 0 radical (unpaired) electrons. The van der Waals surface area contributed by atoms with Gasteiger partial charge >= 0.3 is 0 Å². The normalized spacial score (nSPS) is 16.9. The summed E-state index contributed by atoms with van der Waals surface area (Å²) in [6, 6.07) is 1.99. The minimum absolute atomic E-state index is 0.0967. The van der Waals surface area contributed by atoms with Crippen LogP contribution in [0, 0.1) is 0 Å². The molecule has 1 aliphatic heterocycles. The van der Waals surface area contributed by atoms with E-state index in [0.717, 1.165) is 35.3 Å². The largest absolute Gasteiger partial charge is 0.383 e. The average Bonchev–Trinajstić information content (AvgIpc) is 2.92. The molecule has 104 valence electrons. The summed E-state index contributed by atoms with van der Waals surface area (Å²) in [6.07, 6.45) is 5.93. The molecule has 0 unspecified atom stereocenters. The fourth-order valence-corrected chi connectivity index (χ4v) is 3.19. The highest BCUT2D eigenvalue weighted by molar-refractivity contribution is 7.17. The van der Waals surface area contributed by atoms with Gasteiger partial charge in [0.25, 0.3) is 0 Å². The average molecular weight is 288 g/mol. The Balaban J connectivity index is 1.73. The molecule has 1 fully saturated rings. The van der Waals surface area contributed by atoms with Gasteiger partial charge in [-0.1, -0.05) is 12.2 Å². The molecule has 5 nitrogen and oxygen atoms in total. The van der Waals surface area contributed by atoms with Crippen molar-refractivity contribution in [3.05, 3.63) is 29.3 Å². The lowest BCUT2D eigenvalue weighted by atomic mass is 10.2. The lowest BCUT2D eigenvalue weighted by molar-refractivity contribution is -0.123. The van der Waals surface area contributed by atoms with Gasteiger partial charge in [-0.2, -0.15) is 0 Å². The number of aromatic nitrogens is 1. The Morgan fingerprint density at radius 1 is 1.55 bits per heavy atom. The molecular formula is C14H16N4OS. The van der Waals surface area contributed by atoms with Crippen LogP contribution in [0.3, 0.4) is 0 Å². The first-order valence-corrected chi connectivity index (χ1v) is 7.39. The summed E-state index contributed by atoms with van der Waals surface area (Å²) in [5.74, 6) is 0.672. The number of carbonyl (C=O) groups excluding carboxylic acids is 1. The zero-order valence-electron chi connectivity index (χ0n) is 11.0. The van der Waals surface area contributed by atoms with Crippen LogP contribution >= 0.6 is 11.3 Å². The number of nitrogen functional groups attached to an aromatic ring is 1. The number of nitrogens with zero attached hydrogens (tertiary/aromatic N) is 2. The van der Waals surface area contributed by atoms with E-state index in [0.29, 0.717) is 12.4 Å². The number of hydrogen-bond donors (Lipinski definition) is 2. The quantitative estimate of drug-likeness (QED) is 0.893.